The molecule has 5 nitrogen and oxygen atoms in total. The third-order valence-electron chi connectivity index (χ3n) is 2.07. The van der Waals surface area contributed by atoms with E-state index in [0.717, 1.165) is 5.69 Å². The number of hydrogen-bond donors (Lipinski definition) is 2. The van der Waals surface area contributed by atoms with Gasteiger partial charge in [-0.05, 0) is 30.2 Å². The monoisotopic (exact) mass is 241 g/mol. The van der Waals surface area contributed by atoms with Crippen molar-refractivity contribution in [3.05, 3.63) is 29.8 Å². The summed E-state index contributed by atoms with van der Waals surface area (Å²) in [6.07, 6.45) is 1.84. The van der Waals surface area contributed by atoms with Crippen molar-refractivity contribution in [2.75, 3.05) is 11.9 Å². The van der Waals surface area contributed by atoms with Crippen LogP contribution in [0.1, 0.15) is 19.4 Å². The lowest BCUT2D eigenvalue weighted by atomic mass is 10.2. The van der Waals surface area contributed by atoms with Gasteiger partial charge in [-0.2, -0.15) is 10.5 Å². The minimum absolute atomic E-state index is 0.413. The van der Waals surface area contributed by atoms with Crippen molar-refractivity contribution in [3.63, 3.8) is 0 Å². The molecule has 0 bridgehead atoms. The average molecular weight is 241 g/mol. The van der Waals surface area contributed by atoms with Crippen LogP contribution in [-0.2, 0) is 0 Å². The van der Waals surface area contributed by atoms with Gasteiger partial charge < -0.3 is 5.32 Å². The molecule has 1 aromatic rings. The molecular weight excluding hydrogens is 226 g/mol. The van der Waals surface area contributed by atoms with Gasteiger partial charge in [0.15, 0.2) is 6.19 Å². The Kier molecular flexibility index (Phi) is 5.21. The van der Waals surface area contributed by atoms with Gasteiger partial charge in [0.2, 0.25) is 5.96 Å². The molecule has 1 rings (SSSR count). The molecule has 18 heavy (non-hydrogen) atoms. The van der Waals surface area contributed by atoms with Crippen molar-refractivity contribution in [2.24, 2.45) is 10.9 Å². The molecule has 1 aromatic carbocycles. The molecular formula is C13H15N5. The maximum atomic E-state index is 8.69. The molecule has 2 N–H and O–H groups in total. The number of hydrogen-bond acceptors (Lipinski definition) is 3. The van der Waals surface area contributed by atoms with E-state index < -0.39 is 0 Å². The van der Waals surface area contributed by atoms with Gasteiger partial charge in [-0.15, -0.1) is 0 Å². The van der Waals surface area contributed by atoms with E-state index >= 15 is 0 Å². The summed E-state index contributed by atoms with van der Waals surface area (Å²) in [7, 11) is 0. The first-order chi connectivity index (χ1) is 8.65. The van der Waals surface area contributed by atoms with Crippen LogP contribution in [0.25, 0.3) is 0 Å². The highest BCUT2D eigenvalue weighted by Crippen LogP contribution is 2.08. The molecule has 0 unspecified atom stereocenters. The highest BCUT2D eigenvalue weighted by atomic mass is 15.2. The first-order valence-electron chi connectivity index (χ1n) is 5.62. The van der Waals surface area contributed by atoms with Gasteiger partial charge in [0.1, 0.15) is 0 Å². The second-order valence-electron chi connectivity index (χ2n) is 4.13. The predicted molar refractivity (Wildman–Crippen MR) is 70.7 cm³/mol. The third-order valence-corrected chi connectivity index (χ3v) is 2.07. The van der Waals surface area contributed by atoms with E-state index in [9.17, 15) is 0 Å². The van der Waals surface area contributed by atoms with Crippen LogP contribution in [-0.4, -0.2) is 12.5 Å². The van der Waals surface area contributed by atoms with Crippen molar-refractivity contribution in [1.29, 1.82) is 10.5 Å². The minimum atomic E-state index is 0.413. The number of anilines is 1. The first kappa shape index (κ1) is 13.5. The Balaban J connectivity index is 2.74. The van der Waals surface area contributed by atoms with Gasteiger partial charge in [0, 0.05) is 12.2 Å². The van der Waals surface area contributed by atoms with E-state index in [-0.39, 0.29) is 0 Å². The zero-order chi connectivity index (χ0) is 13.4. The molecule has 0 radical (unpaired) electrons. The summed E-state index contributed by atoms with van der Waals surface area (Å²) in [6, 6.07) is 8.99. The van der Waals surface area contributed by atoms with E-state index in [1.165, 1.54) is 0 Å². The zero-order valence-electron chi connectivity index (χ0n) is 10.4. The van der Waals surface area contributed by atoms with Gasteiger partial charge in [0.25, 0.3) is 0 Å². The molecule has 0 atom stereocenters. The fourth-order valence-electron chi connectivity index (χ4n) is 1.20. The standard InChI is InChI=1S/C13H15N5/c1-10(2)8-16-13(17-9-15)18-12-5-3-11(7-14)4-6-12/h3-6,10H,8H2,1-2H3,(H2,16,17,18). The molecule has 0 aromatic heterocycles. The SMILES string of the molecule is CC(C)CN=C(NC#N)Nc1ccc(C#N)cc1. The molecule has 92 valence electrons. The quantitative estimate of drug-likeness (QED) is 0.367. The molecule has 0 spiro atoms. The Bertz CT molecular complexity index is 488. The maximum absolute atomic E-state index is 8.69. The van der Waals surface area contributed by atoms with Gasteiger partial charge >= 0.3 is 0 Å². The largest absolute Gasteiger partial charge is 0.326 e. The minimum Gasteiger partial charge on any atom is -0.326 e. The molecule has 0 aliphatic rings. The van der Waals surface area contributed by atoms with Crippen LogP contribution in [0, 0.1) is 28.7 Å². The average Bonchev–Trinajstić information content (AvgIpc) is 2.37. The van der Waals surface area contributed by atoms with Crippen molar-refractivity contribution in [1.82, 2.24) is 5.32 Å². The van der Waals surface area contributed by atoms with E-state index in [0.29, 0.717) is 24.0 Å². The summed E-state index contributed by atoms with van der Waals surface area (Å²) in [6.45, 7) is 4.73. The predicted octanol–water partition coefficient (Wildman–Crippen LogP) is 2.05. The molecule has 0 saturated heterocycles. The van der Waals surface area contributed by atoms with Crippen molar-refractivity contribution in [3.8, 4) is 12.3 Å². The lowest BCUT2D eigenvalue weighted by Gasteiger charge is -2.08. The van der Waals surface area contributed by atoms with Gasteiger partial charge in [-0.1, -0.05) is 13.8 Å². The Labute approximate surface area is 107 Å². The van der Waals surface area contributed by atoms with Crippen LogP contribution in [0.3, 0.4) is 0 Å². The first-order valence-corrected chi connectivity index (χ1v) is 5.62. The summed E-state index contributed by atoms with van der Waals surface area (Å²) >= 11 is 0. The highest BCUT2D eigenvalue weighted by Gasteiger charge is 2.00. The lowest BCUT2D eigenvalue weighted by molar-refractivity contribution is 0.664. The van der Waals surface area contributed by atoms with Gasteiger partial charge in [0.05, 0.1) is 11.6 Å². The Morgan fingerprint density at radius 2 is 1.94 bits per heavy atom. The molecule has 0 heterocycles. The van der Waals surface area contributed by atoms with Gasteiger partial charge in [-0.25, -0.2) is 0 Å². The van der Waals surface area contributed by atoms with E-state index in [2.05, 4.69) is 29.5 Å². The fourth-order valence-corrected chi connectivity index (χ4v) is 1.20. The molecule has 0 aliphatic carbocycles. The second kappa shape index (κ2) is 6.93. The number of nitriles is 2. The van der Waals surface area contributed by atoms with Crippen molar-refractivity contribution >= 4 is 11.6 Å². The lowest BCUT2D eigenvalue weighted by Crippen LogP contribution is -2.27. The van der Waals surface area contributed by atoms with Crippen LogP contribution < -0.4 is 10.6 Å². The normalized spacial score (nSPS) is 10.6. The molecule has 5 heteroatoms. The summed E-state index contributed by atoms with van der Waals surface area (Å²) in [5, 5.41) is 22.8. The third kappa shape index (κ3) is 4.54. The Morgan fingerprint density at radius 1 is 1.28 bits per heavy atom. The molecule has 0 saturated carbocycles. The summed E-state index contributed by atoms with van der Waals surface area (Å²) in [5.41, 5.74) is 1.37. The Hall–Kier alpha value is -2.53. The van der Waals surface area contributed by atoms with E-state index in [4.69, 9.17) is 10.5 Å². The summed E-state index contributed by atoms with van der Waals surface area (Å²) in [4.78, 5) is 4.26. The number of nitrogens with one attached hydrogen (secondary N) is 2. The van der Waals surface area contributed by atoms with Crippen LogP contribution >= 0.6 is 0 Å². The number of rotatable bonds is 3. The molecule has 0 amide bonds. The fraction of sp³-hybridized carbons (Fsp3) is 0.308. The van der Waals surface area contributed by atoms with E-state index in [1.54, 1.807) is 24.3 Å². The molecule has 0 aliphatic heterocycles. The highest BCUT2D eigenvalue weighted by molar-refractivity contribution is 5.94. The summed E-state index contributed by atoms with van der Waals surface area (Å²) < 4.78 is 0. The van der Waals surface area contributed by atoms with Crippen LogP contribution in [0.15, 0.2) is 29.3 Å². The smallest absolute Gasteiger partial charge is 0.209 e. The number of benzene rings is 1. The van der Waals surface area contributed by atoms with Crippen molar-refractivity contribution < 1.29 is 0 Å². The van der Waals surface area contributed by atoms with E-state index in [1.807, 2.05) is 12.3 Å². The summed E-state index contributed by atoms with van der Waals surface area (Å²) in [5.74, 6) is 0.833. The van der Waals surface area contributed by atoms with Gasteiger partial charge in [-0.3, -0.25) is 10.3 Å². The number of nitrogens with zero attached hydrogens (tertiary/aromatic N) is 3. The van der Waals surface area contributed by atoms with Crippen LogP contribution in [0.5, 0.6) is 0 Å². The van der Waals surface area contributed by atoms with Crippen LogP contribution in [0.2, 0.25) is 0 Å². The maximum Gasteiger partial charge on any atom is 0.209 e. The number of guanidine groups is 1. The van der Waals surface area contributed by atoms with Crippen molar-refractivity contribution in [2.45, 2.75) is 13.8 Å². The topological polar surface area (TPSA) is 84.0 Å². The molecule has 0 fully saturated rings. The number of aliphatic imine (C=N–C) groups is 1. The Morgan fingerprint density at radius 3 is 2.44 bits per heavy atom. The second-order valence-corrected chi connectivity index (χ2v) is 4.13. The zero-order valence-corrected chi connectivity index (χ0v) is 10.4. The van der Waals surface area contributed by atoms with Crippen LogP contribution in [0.4, 0.5) is 5.69 Å².